The van der Waals surface area contributed by atoms with Crippen LogP contribution in [0.25, 0.3) is 0 Å². The van der Waals surface area contributed by atoms with Crippen molar-refractivity contribution in [3.63, 3.8) is 0 Å². The molecular formula is C23H18FNO4. The van der Waals surface area contributed by atoms with Crippen molar-refractivity contribution in [2.45, 2.75) is 13.0 Å². The first-order chi connectivity index (χ1) is 14.0. The van der Waals surface area contributed by atoms with Gasteiger partial charge < -0.3 is 14.4 Å². The predicted octanol–water partition coefficient (Wildman–Crippen LogP) is 4.05. The summed E-state index contributed by atoms with van der Waals surface area (Å²) in [6.07, 6.45) is 0.400. The molecule has 5 nitrogen and oxygen atoms in total. The Kier molecular flexibility index (Phi) is 4.99. The maximum Gasteiger partial charge on any atom is 0.289 e. The molecule has 29 heavy (non-hydrogen) atoms. The van der Waals surface area contributed by atoms with Crippen molar-refractivity contribution in [2.24, 2.45) is 0 Å². The van der Waals surface area contributed by atoms with E-state index in [0.29, 0.717) is 18.7 Å². The Bertz CT molecular complexity index is 1080. The summed E-state index contributed by atoms with van der Waals surface area (Å²) in [6, 6.07) is 18.5. The van der Waals surface area contributed by atoms with E-state index in [4.69, 9.17) is 4.42 Å². The molecule has 0 bridgehead atoms. The Morgan fingerprint density at radius 3 is 2.45 bits per heavy atom. The Labute approximate surface area is 166 Å². The van der Waals surface area contributed by atoms with Gasteiger partial charge in [0.25, 0.3) is 5.91 Å². The minimum Gasteiger partial charge on any atom is -0.503 e. The Morgan fingerprint density at radius 2 is 1.72 bits per heavy atom. The number of nitrogens with zero attached hydrogens (tertiary/aromatic N) is 1. The molecule has 0 spiro atoms. The summed E-state index contributed by atoms with van der Waals surface area (Å²) in [4.78, 5) is 26.5. The van der Waals surface area contributed by atoms with Crippen LogP contribution in [0.4, 0.5) is 4.39 Å². The van der Waals surface area contributed by atoms with Gasteiger partial charge in [-0.3, -0.25) is 9.59 Å². The van der Waals surface area contributed by atoms with Gasteiger partial charge in [-0.05, 0) is 35.4 Å². The van der Waals surface area contributed by atoms with E-state index in [0.717, 1.165) is 11.1 Å². The second-order valence-corrected chi connectivity index (χ2v) is 6.87. The van der Waals surface area contributed by atoms with Gasteiger partial charge in [0.2, 0.25) is 5.78 Å². The second-order valence-electron chi connectivity index (χ2n) is 6.87. The third kappa shape index (κ3) is 3.96. The van der Waals surface area contributed by atoms with Gasteiger partial charge in [-0.25, -0.2) is 4.39 Å². The van der Waals surface area contributed by atoms with Gasteiger partial charge in [-0.1, -0.05) is 42.5 Å². The van der Waals surface area contributed by atoms with Crippen molar-refractivity contribution in [3.05, 3.63) is 107 Å². The van der Waals surface area contributed by atoms with Gasteiger partial charge in [-0.15, -0.1) is 0 Å². The zero-order valence-electron chi connectivity index (χ0n) is 15.5. The number of ketones is 1. The van der Waals surface area contributed by atoms with Crippen LogP contribution >= 0.6 is 0 Å². The molecule has 0 radical (unpaired) electrons. The van der Waals surface area contributed by atoms with Crippen molar-refractivity contribution in [3.8, 4) is 0 Å². The smallest absolute Gasteiger partial charge is 0.289 e. The van der Waals surface area contributed by atoms with Crippen molar-refractivity contribution < 1.29 is 23.5 Å². The van der Waals surface area contributed by atoms with Gasteiger partial charge in [0.1, 0.15) is 11.6 Å². The highest BCUT2D eigenvalue weighted by atomic mass is 19.1. The summed E-state index contributed by atoms with van der Waals surface area (Å²) in [6.45, 7) is 0.320. The summed E-state index contributed by atoms with van der Waals surface area (Å²) < 4.78 is 18.6. The molecule has 1 aliphatic rings. The van der Waals surface area contributed by atoms with Crippen LogP contribution in [0.5, 0.6) is 0 Å². The Hall–Kier alpha value is -3.67. The summed E-state index contributed by atoms with van der Waals surface area (Å²) in [5, 5.41) is 10.2. The van der Waals surface area contributed by atoms with E-state index in [9.17, 15) is 19.1 Å². The average molecular weight is 391 g/mol. The first-order valence-electron chi connectivity index (χ1n) is 9.14. The molecule has 0 atom stereocenters. The minimum atomic E-state index is -0.574. The van der Waals surface area contributed by atoms with Gasteiger partial charge in [0.15, 0.2) is 11.5 Å². The molecule has 2 aromatic carbocycles. The standard InChI is InChI=1S/C23H18FNO4/c24-17-8-6-15(7-9-17)12-18-10-11-20(29-18)21(26)19-14-25(23(28)22(19)27)13-16-4-2-1-3-5-16/h1-11,27H,12-14H2. The van der Waals surface area contributed by atoms with Gasteiger partial charge >= 0.3 is 0 Å². The van der Waals surface area contributed by atoms with Crippen LogP contribution in [-0.2, 0) is 17.8 Å². The molecule has 2 heterocycles. The van der Waals surface area contributed by atoms with E-state index in [2.05, 4.69) is 0 Å². The quantitative estimate of drug-likeness (QED) is 0.644. The molecule has 3 aromatic rings. The molecule has 1 aromatic heterocycles. The Morgan fingerprint density at radius 1 is 1.00 bits per heavy atom. The van der Waals surface area contributed by atoms with Gasteiger partial charge in [0, 0.05) is 13.0 Å². The van der Waals surface area contributed by atoms with E-state index in [1.165, 1.54) is 23.1 Å². The Balaban J connectivity index is 1.47. The van der Waals surface area contributed by atoms with Crippen LogP contribution < -0.4 is 0 Å². The highest BCUT2D eigenvalue weighted by Crippen LogP contribution is 2.24. The molecular weight excluding hydrogens is 373 g/mol. The molecule has 4 rings (SSSR count). The summed E-state index contributed by atoms with van der Waals surface area (Å²) in [5.74, 6) is -1.37. The molecule has 6 heteroatoms. The van der Waals surface area contributed by atoms with Crippen LogP contribution in [0.3, 0.4) is 0 Å². The predicted molar refractivity (Wildman–Crippen MR) is 104 cm³/mol. The molecule has 0 saturated carbocycles. The number of halogens is 1. The fourth-order valence-corrected chi connectivity index (χ4v) is 3.27. The first-order valence-corrected chi connectivity index (χ1v) is 9.14. The summed E-state index contributed by atoms with van der Waals surface area (Å²) in [7, 11) is 0. The first kappa shape index (κ1) is 18.7. The lowest BCUT2D eigenvalue weighted by molar-refractivity contribution is -0.128. The van der Waals surface area contributed by atoms with Crippen LogP contribution in [0.1, 0.15) is 27.4 Å². The molecule has 0 fully saturated rings. The number of aliphatic hydroxyl groups is 1. The van der Waals surface area contributed by atoms with Crippen molar-refractivity contribution >= 4 is 11.7 Å². The van der Waals surface area contributed by atoms with E-state index in [1.54, 1.807) is 18.2 Å². The van der Waals surface area contributed by atoms with Crippen molar-refractivity contribution in [1.29, 1.82) is 0 Å². The fraction of sp³-hybridized carbons (Fsp3) is 0.130. The number of rotatable bonds is 6. The van der Waals surface area contributed by atoms with Crippen LogP contribution in [0, 0.1) is 5.82 Å². The summed E-state index contributed by atoms with van der Waals surface area (Å²) >= 11 is 0. The van der Waals surface area contributed by atoms with Crippen molar-refractivity contribution in [2.75, 3.05) is 6.54 Å². The highest BCUT2D eigenvalue weighted by molar-refractivity contribution is 6.14. The van der Waals surface area contributed by atoms with Gasteiger partial charge in [0.05, 0.1) is 12.1 Å². The van der Waals surface area contributed by atoms with Crippen LogP contribution in [0.15, 0.2) is 82.5 Å². The van der Waals surface area contributed by atoms with E-state index >= 15 is 0 Å². The number of hydrogen-bond acceptors (Lipinski definition) is 4. The van der Waals surface area contributed by atoms with Gasteiger partial charge in [-0.2, -0.15) is 0 Å². The lowest BCUT2D eigenvalue weighted by Crippen LogP contribution is -2.27. The van der Waals surface area contributed by atoms with Crippen LogP contribution in [0.2, 0.25) is 0 Å². The molecule has 0 aliphatic carbocycles. The number of hydrogen-bond donors (Lipinski definition) is 1. The molecule has 0 unspecified atom stereocenters. The molecule has 1 N–H and O–H groups in total. The maximum atomic E-state index is 13.0. The van der Waals surface area contributed by atoms with E-state index < -0.39 is 17.4 Å². The maximum absolute atomic E-state index is 13.0. The molecule has 146 valence electrons. The molecule has 1 aliphatic heterocycles. The second kappa shape index (κ2) is 7.75. The summed E-state index contributed by atoms with van der Waals surface area (Å²) in [5.41, 5.74) is 1.77. The normalized spacial score (nSPS) is 14.0. The average Bonchev–Trinajstić information content (AvgIpc) is 3.30. The third-order valence-corrected chi connectivity index (χ3v) is 4.79. The number of carbonyl (C=O) groups excluding carboxylic acids is 2. The monoisotopic (exact) mass is 391 g/mol. The SMILES string of the molecule is O=C(C1=C(O)C(=O)N(Cc2ccccc2)C1)c1ccc(Cc2ccc(F)cc2)o1. The number of Topliss-reactive ketones (excluding diaryl/α,β-unsaturated/α-hetero) is 1. The number of benzene rings is 2. The number of furan rings is 1. The lowest BCUT2D eigenvalue weighted by atomic mass is 10.1. The minimum absolute atomic E-state index is 0.0202. The number of amides is 1. The van der Waals surface area contributed by atoms with Crippen molar-refractivity contribution in [1.82, 2.24) is 4.90 Å². The topological polar surface area (TPSA) is 70.8 Å². The molecule has 0 saturated heterocycles. The lowest BCUT2D eigenvalue weighted by Gasteiger charge is -2.15. The largest absolute Gasteiger partial charge is 0.503 e. The highest BCUT2D eigenvalue weighted by Gasteiger charge is 2.35. The van der Waals surface area contributed by atoms with E-state index in [1.807, 2.05) is 30.3 Å². The molecule has 1 amide bonds. The number of carbonyl (C=O) groups is 2. The van der Waals surface area contributed by atoms with E-state index in [-0.39, 0.29) is 23.7 Å². The van der Waals surface area contributed by atoms with Crippen LogP contribution in [-0.4, -0.2) is 28.2 Å². The third-order valence-electron chi connectivity index (χ3n) is 4.79. The zero-order valence-corrected chi connectivity index (χ0v) is 15.5. The zero-order chi connectivity index (χ0) is 20.4. The fourth-order valence-electron chi connectivity index (χ4n) is 3.27. The number of aliphatic hydroxyl groups excluding tert-OH is 1.